The summed E-state index contributed by atoms with van der Waals surface area (Å²) >= 11 is 5.12. The average Bonchev–Trinajstić information content (AvgIpc) is 2.96. The first kappa shape index (κ1) is 15.7. The van der Waals surface area contributed by atoms with Gasteiger partial charge in [0.1, 0.15) is 11.1 Å². The van der Waals surface area contributed by atoms with Crippen molar-refractivity contribution in [3.8, 4) is 6.07 Å². The number of para-hydroxylation sites is 1. The minimum atomic E-state index is 0.579. The Morgan fingerprint density at radius 1 is 1.26 bits per heavy atom. The minimum Gasteiger partial charge on any atom is -0.377 e. The van der Waals surface area contributed by atoms with Crippen LogP contribution in [0.15, 0.2) is 46.9 Å². The minimum absolute atomic E-state index is 0.579. The highest BCUT2D eigenvalue weighted by Gasteiger charge is 2.09. The van der Waals surface area contributed by atoms with Gasteiger partial charge in [-0.15, -0.1) is 11.3 Å². The van der Waals surface area contributed by atoms with Crippen molar-refractivity contribution in [2.75, 3.05) is 19.0 Å². The van der Waals surface area contributed by atoms with E-state index in [9.17, 15) is 5.26 Å². The van der Waals surface area contributed by atoms with Gasteiger partial charge in [0, 0.05) is 18.6 Å². The molecule has 0 aliphatic heterocycles. The number of allylic oxidation sites excluding steroid dienone is 1. The van der Waals surface area contributed by atoms with Crippen LogP contribution in [-0.4, -0.2) is 19.1 Å². The Hall–Kier alpha value is -2.16. The summed E-state index contributed by atoms with van der Waals surface area (Å²) in [5.74, 6) is 0. The van der Waals surface area contributed by atoms with Crippen LogP contribution >= 0.6 is 27.3 Å². The first-order valence-corrected chi connectivity index (χ1v) is 8.64. The largest absolute Gasteiger partial charge is 0.377 e. The van der Waals surface area contributed by atoms with Crippen LogP contribution in [0.2, 0.25) is 0 Å². The van der Waals surface area contributed by atoms with Crippen molar-refractivity contribution in [2.45, 2.75) is 0 Å². The molecule has 0 unspecified atom stereocenters. The van der Waals surface area contributed by atoms with E-state index in [0.29, 0.717) is 5.57 Å². The summed E-state index contributed by atoms with van der Waals surface area (Å²) in [5.41, 5.74) is 3.58. The lowest BCUT2D eigenvalue weighted by Crippen LogP contribution is -2.09. The molecule has 3 aromatic rings. The molecule has 3 rings (SSSR count). The molecular formula is C18H14BrN3S. The number of anilines is 1. The lowest BCUT2D eigenvalue weighted by molar-refractivity contribution is 1.12. The lowest BCUT2D eigenvalue weighted by Gasteiger charge is -2.14. The lowest BCUT2D eigenvalue weighted by atomic mass is 10.1. The number of benzene rings is 2. The van der Waals surface area contributed by atoms with E-state index in [-0.39, 0.29) is 0 Å². The highest BCUT2D eigenvalue weighted by atomic mass is 79.9. The molecule has 114 valence electrons. The summed E-state index contributed by atoms with van der Waals surface area (Å²) in [6.45, 7) is 0. The third-order valence-electron chi connectivity index (χ3n) is 3.41. The monoisotopic (exact) mass is 383 g/mol. The van der Waals surface area contributed by atoms with E-state index in [1.165, 1.54) is 11.3 Å². The molecule has 1 aromatic heterocycles. The fourth-order valence-corrected chi connectivity index (χ4v) is 3.95. The Labute approximate surface area is 147 Å². The highest BCUT2D eigenvalue weighted by molar-refractivity contribution is 9.10. The summed E-state index contributed by atoms with van der Waals surface area (Å²) < 4.78 is 2.09. The Morgan fingerprint density at radius 2 is 2.04 bits per heavy atom. The van der Waals surface area contributed by atoms with Crippen molar-refractivity contribution in [2.24, 2.45) is 0 Å². The van der Waals surface area contributed by atoms with Gasteiger partial charge in [0.2, 0.25) is 0 Å². The maximum absolute atomic E-state index is 9.51. The molecule has 0 radical (unpaired) electrons. The number of hydrogen-bond donors (Lipinski definition) is 0. The van der Waals surface area contributed by atoms with Crippen LogP contribution < -0.4 is 4.90 Å². The standard InChI is InChI=1S/C18H14BrN3S/c1-22(2)16-8-7-12(10-14(16)19)9-13(11-20)18-21-15-5-3-4-6-17(15)23-18/h3-10H,1-2H3/b13-9-. The fourth-order valence-electron chi connectivity index (χ4n) is 2.27. The van der Waals surface area contributed by atoms with Gasteiger partial charge in [0.05, 0.1) is 21.5 Å². The zero-order valence-corrected chi connectivity index (χ0v) is 15.1. The van der Waals surface area contributed by atoms with Crippen molar-refractivity contribution in [3.05, 3.63) is 57.5 Å². The highest BCUT2D eigenvalue weighted by Crippen LogP contribution is 2.30. The Morgan fingerprint density at radius 3 is 2.70 bits per heavy atom. The average molecular weight is 384 g/mol. The van der Waals surface area contributed by atoms with E-state index in [0.717, 1.165) is 30.9 Å². The van der Waals surface area contributed by atoms with Gasteiger partial charge in [-0.2, -0.15) is 5.26 Å². The summed E-state index contributed by atoms with van der Waals surface area (Å²) in [6, 6.07) is 16.2. The predicted molar refractivity (Wildman–Crippen MR) is 102 cm³/mol. The van der Waals surface area contributed by atoms with Gasteiger partial charge >= 0.3 is 0 Å². The zero-order valence-electron chi connectivity index (χ0n) is 12.7. The van der Waals surface area contributed by atoms with Gasteiger partial charge in [-0.1, -0.05) is 18.2 Å². The van der Waals surface area contributed by atoms with Crippen LogP contribution in [0.4, 0.5) is 5.69 Å². The maximum Gasteiger partial charge on any atom is 0.135 e. The van der Waals surface area contributed by atoms with E-state index >= 15 is 0 Å². The van der Waals surface area contributed by atoms with E-state index in [4.69, 9.17) is 0 Å². The molecule has 0 atom stereocenters. The van der Waals surface area contributed by atoms with Gasteiger partial charge in [-0.3, -0.25) is 0 Å². The molecule has 23 heavy (non-hydrogen) atoms. The van der Waals surface area contributed by atoms with Gasteiger partial charge in [0.25, 0.3) is 0 Å². The van der Waals surface area contributed by atoms with Crippen molar-refractivity contribution in [1.29, 1.82) is 5.26 Å². The number of aromatic nitrogens is 1. The number of nitriles is 1. The first-order valence-electron chi connectivity index (χ1n) is 7.03. The van der Waals surface area contributed by atoms with Crippen molar-refractivity contribution >= 4 is 54.8 Å². The number of fused-ring (bicyclic) bond motifs is 1. The molecule has 1 heterocycles. The topological polar surface area (TPSA) is 39.9 Å². The number of halogens is 1. The maximum atomic E-state index is 9.51. The van der Waals surface area contributed by atoms with E-state index in [1.54, 1.807) is 0 Å². The Bertz CT molecular complexity index is 902. The van der Waals surface area contributed by atoms with Crippen molar-refractivity contribution < 1.29 is 0 Å². The Kier molecular flexibility index (Phi) is 4.46. The third kappa shape index (κ3) is 3.29. The number of hydrogen-bond acceptors (Lipinski definition) is 4. The summed E-state index contributed by atoms with van der Waals surface area (Å²) in [4.78, 5) is 6.59. The predicted octanol–water partition coefficient (Wildman–Crippen LogP) is 5.19. The van der Waals surface area contributed by atoms with Crippen molar-refractivity contribution in [1.82, 2.24) is 4.98 Å². The van der Waals surface area contributed by atoms with Crippen LogP contribution in [0.25, 0.3) is 21.9 Å². The van der Waals surface area contributed by atoms with Crippen molar-refractivity contribution in [3.63, 3.8) is 0 Å². The summed E-state index contributed by atoms with van der Waals surface area (Å²) in [7, 11) is 3.99. The second-order valence-electron chi connectivity index (χ2n) is 5.26. The summed E-state index contributed by atoms with van der Waals surface area (Å²) in [5, 5.41) is 10.3. The normalized spacial score (nSPS) is 11.5. The second kappa shape index (κ2) is 6.53. The summed E-state index contributed by atoms with van der Waals surface area (Å²) in [6.07, 6.45) is 1.88. The van der Waals surface area contributed by atoms with E-state index in [1.807, 2.05) is 67.5 Å². The van der Waals surface area contributed by atoms with Gasteiger partial charge < -0.3 is 4.90 Å². The molecule has 0 saturated carbocycles. The molecule has 3 nitrogen and oxygen atoms in total. The molecule has 0 aliphatic carbocycles. The SMILES string of the molecule is CN(C)c1ccc(/C=C(/C#N)c2nc3ccccc3s2)cc1Br. The molecule has 5 heteroatoms. The zero-order chi connectivity index (χ0) is 16.4. The molecule has 0 bridgehead atoms. The van der Waals surface area contributed by atoms with Gasteiger partial charge in [-0.25, -0.2) is 4.98 Å². The van der Waals surface area contributed by atoms with E-state index < -0.39 is 0 Å². The molecule has 0 spiro atoms. The third-order valence-corrected chi connectivity index (χ3v) is 5.11. The van der Waals surface area contributed by atoms with Crippen LogP contribution in [0.1, 0.15) is 10.6 Å². The molecule has 0 saturated heterocycles. The Balaban J connectivity index is 2.02. The van der Waals surface area contributed by atoms with E-state index in [2.05, 4.69) is 27.0 Å². The number of nitrogens with zero attached hydrogens (tertiary/aromatic N) is 3. The van der Waals surface area contributed by atoms with Crippen LogP contribution in [0.3, 0.4) is 0 Å². The van der Waals surface area contributed by atoms with Crippen LogP contribution in [0.5, 0.6) is 0 Å². The fraction of sp³-hybridized carbons (Fsp3) is 0.111. The molecule has 0 amide bonds. The molecule has 0 aliphatic rings. The van der Waals surface area contributed by atoms with Crippen LogP contribution in [-0.2, 0) is 0 Å². The number of thiazole rings is 1. The second-order valence-corrected chi connectivity index (χ2v) is 7.15. The first-order chi connectivity index (χ1) is 11.1. The smallest absolute Gasteiger partial charge is 0.135 e. The quantitative estimate of drug-likeness (QED) is 0.584. The molecule has 0 fully saturated rings. The molecule has 0 N–H and O–H groups in total. The molecule has 2 aromatic carbocycles. The van der Waals surface area contributed by atoms with Crippen LogP contribution in [0, 0.1) is 11.3 Å². The number of rotatable bonds is 3. The molecular weight excluding hydrogens is 370 g/mol. The van der Waals surface area contributed by atoms with Gasteiger partial charge in [0.15, 0.2) is 0 Å². The van der Waals surface area contributed by atoms with Gasteiger partial charge in [-0.05, 0) is 51.8 Å².